The van der Waals surface area contributed by atoms with Crippen LogP contribution in [0.15, 0.2) is 36.4 Å². The lowest BCUT2D eigenvalue weighted by Crippen LogP contribution is -2.20. The zero-order valence-electron chi connectivity index (χ0n) is 12.9. The second-order valence-corrected chi connectivity index (χ2v) is 6.14. The number of benzene rings is 2. The van der Waals surface area contributed by atoms with Crippen molar-refractivity contribution in [1.82, 2.24) is 0 Å². The van der Waals surface area contributed by atoms with Crippen molar-refractivity contribution in [1.29, 1.82) is 0 Å². The maximum absolute atomic E-state index is 13.9. The molecule has 0 aliphatic heterocycles. The molecule has 0 aromatic heterocycles. The van der Waals surface area contributed by atoms with Crippen LogP contribution in [0.25, 0.3) is 0 Å². The summed E-state index contributed by atoms with van der Waals surface area (Å²) in [5.74, 6) is -0.897. The first-order chi connectivity index (χ1) is 11.5. The first-order valence-corrected chi connectivity index (χ1v) is 7.87. The van der Waals surface area contributed by atoms with E-state index in [0.717, 1.165) is 0 Å². The molecule has 0 spiro atoms. The molecule has 1 atom stereocenters. The van der Waals surface area contributed by atoms with Crippen molar-refractivity contribution in [3.63, 3.8) is 0 Å². The minimum atomic E-state index is -0.415. The standard InChI is InChI=1S/C18H15ClFNO3/c1-10-8-14(22)18-15(7-6-13(20)17(10)18)24-9-16(23)21-12-4-2-11(19)3-5-12/h2-7,10H,8-9H2,1H3,(H,21,23)/t10-/m0/s1. The number of amides is 1. The molecule has 0 saturated heterocycles. The number of rotatable bonds is 4. The molecular formula is C18H15ClFNO3. The van der Waals surface area contributed by atoms with Crippen LogP contribution >= 0.6 is 11.6 Å². The number of hydrogen-bond acceptors (Lipinski definition) is 3. The number of halogens is 2. The normalized spacial score (nSPS) is 16.0. The van der Waals surface area contributed by atoms with Crippen LogP contribution < -0.4 is 10.1 Å². The van der Waals surface area contributed by atoms with Gasteiger partial charge in [-0.15, -0.1) is 0 Å². The smallest absolute Gasteiger partial charge is 0.262 e. The molecule has 3 rings (SSSR count). The van der Waals surface area contributed by atoms with Crippen molar-refractivity contribution in [2.75, 3.05) is 11.9 Å². The summed E-state index contributed by atoms with van der Waals surface area (Å²) in [6.07, 6.45) is 0.254. The van der Waals surface area contributed by atoms with E-state index in [2.05, 4.69) is 5.32 Å². The molecule has 1 amide bonds. The molecule has 6 heteroatoms. The first-order valence-electron chi connectivity index (χ1n) is 7.49. The Balaban J connectivity index is 1.70. The van der Waals surface area contributed by atoms with Crippen LogP contribution in [0.1, 0.15) is 35.2 Å². The highest BCUT2D eigenvalue weighted by atomic mass is 35.5. The van der Waals surface area contributed by atoms with Gasteiger partial charge >= 0.3 is 0 Å². The van der Waals surface area contributed by atoms with Crippen molar-refractivity contribution in [3.8, 4) is 5.75 Å². The van der Waals surface area contributed by atoms with Gasteiger partial charge in [0.25, 0.3) is 5.91 Å². The average Bonchev–Trinajstić information content (AvgIpc) is 2.85. The highest BCUT2D eigenvalue weighted by molar-refractivity contribution is 6.30. The highest BCUT2D eigenvalue weighted by Crippen LogP contribution is 2.39. The predicted molar refractivity (Wildman–Crippen MR) is 89.3 cm³/mol. The van der Waals surface area contributed by atoms with E-state index in [-0.39, 0.29) is 41.9 Å². The third kappa shape index (κ3) is 3.26. The Morgan fingerprint density at radius 1 is 1.29 bits per heavy atom. The predicted octanol–water partition coefficient (Wildman–Crippen LogP) is 4.19. The zero-order chi connectivity index (χ0) is 17.3. The number of ether oxygens (including phenoxy) is 1. The molecule has 0 saturated carbocycles. The molecule has 0 unspecified atom stereocenters. The molecule has 0 radical (unpaired) electrons. The minimum Gasteiger partial charge on any atom is -0.483 e. The molecule has 124 valence electrons. The first kappa shape index (κ1) is 16.5. The van der Waals surface area contributed by atoms with Crippen LogP contribution in [-0.2, 0) is 4.79 Å². The number of carbonyl (C=O) groups is 2. The maximum Gasteiger partial charge on any atom is 0.262 e. The Morgan fingerprint density at radius 2 is 2.00 bits per heavy atom. The molecule has 2 aromatic carbocycles. The molecule has 1 N–H and O–H groups in total. The van der Waals surface area contributed by atoms with Crippen molar-refractivity contribution in [2.45, 2.75) is 19.3 Å². The lowest BCUT2D eigenvalue weighted by Gasteiger charge is -2.12. The van der Waals surface area contributed by atoms with Crippen LogP contribution in [0.2, 0.25) is 5.02 Å². The molecule has 1 aliphatic rings. The highest BCUT2D eigenvalue weighted by Gasteiger charge is 2.32. The number of Topliss-reactive ketones (excluding diaryl/α,β-unsaturated/α-hetero) is 1. The molecule has 2 aromatic rings. The molecule has 0 heterocycles. The van der Waals surface area contributed by atoms with E-state index in [1.807, 2.05) is 0 Å². The van der Waals surface area contributed by atoms with Crippen LogP contribution in [0.5, 0.6) is 5.75 Å². The van der Waals surface area contributed by atoms with Crippen molar-refractivity contribution in [3.05, 3.63) is 58.4 Å². The summed E-state index contributed by atoms with van der Waals surface area (Å²) in [5, 5.41) is 3.23. The van der Waals surface area contributed by atoms with E-state index >= 15 is 0 Å². The van der Waals surface area contributed by atoms with E-state index in [1.54, 1.807) is 31.2 Å². The lowest BCUT2D eigenvalue weighted by atomic mass is 10.0. The van der Waals surface area contributed by atoms with Gasteiger partial charge in [0.2, 0.25) is 0 Å². The number of carbonyl (C=O) groups excluding carboxylic acids is 2. The second kappa shape index (κ2) is 6.61. The van der Waals surface area contributed by atoms with Gasteiger partial charge < -0.3 is 10.1 Å². The number of anilines is 1. The Labute approximate surface area is 143 Å². The van der Waals surface area contributed by atoms with Gasteiger partial charge in [-0.25, -0.2) is 4.39 Å². The van der Waals surface area contributed by atoms with Gasteiger partial charge in [0, 0.05) is 22.7 Å². The lowest BCUT2D eigenvalue weighted by molar-refractivity contribution is -0.118. The number of nitrogens with one attached hydrogen (secondary N) is 1. The third-order valence-electron chi connectivity index (χ3n) is 3.90. The summed E-state index contributed by atoms with van der Waals surface area (Å²) < 4.78 is 19.4. The fourth-order valence-corrected chi connectivity index (χ4v) is 2.95. The van der Waals surface area contributed by atoms with Gasteiger partial charge in [0.05, 0.1) is 5.56 Å². The van der Waals surface area contributed by atoms with Crippen molar-refractivity contribution >= 4 is 29.0 Å². The van der Waals surface area contributed by atoms with Gasteiger partial charge in [-0.2, -0.15) is 0 Å². The zero-order valence-corrected chi connectivity index (χ0v) is 13.7. The van der Waals surface area contributed by atoms with Gasteiger partial charge in [-0.05, 0) is 42.3 Å². The van der Waals surface area contributed by atoms with Crippen LogP contribution in [-0.4, -0.2) is 18.3 Å². The Bertz CT molecular complexity index is 805. The average molecular weight is 348 g/mol. The fraction of sp³-hybridized carbons (Fsp3) is 0.222. The van der Waals surface area contributed by atoms with E-state index < -0.39 is 5.82 Å². The SMILES string of the molecule is C[C@H]1CC(=O)c2c(OCC(=O)Nc3ccc(Cl)cc3)ccc(F)c21. The summed E-state index contributed by atoms with van der Waals surface area (Å²) in [4.78, 5) is 24.0. The molecule has 0 bridgehead atoms. The molecule has 0 fully saturated rings. The summed E-state index contributed by atoms with van der Waals surface area (Å²) in [7, 11) is 0. The third-order valence-corrected chi connectivity index (χ3v) is 4.16. The van der Waals surface area contributed by atoms with Gasteiger partial charge in [0.15, 0.2) is 12.4 Å². The topological polar surface area (TPSA) is 55.4 Å². The Hall–Kier alpha value is -2.40. The van der Waals surface area contributed by atoms with Crippen LogP contribution in [0.4, 0.5) is 10.1 Å². The van der Waals surface area contributed by atoms with E-state index in [9.17, 15) is 14.0 Å². The molecule has 24 heavy (non-hydrogen) atoms. The molecular weight excluding hydrogens is 333 g/mol. The van der Waals surface area contributed by atoms with E-state index in [4.69, 9.17) is 16.3 Å². The molecule has 4 nitrogen and oxygen atoms in total. The largest absolute Gasteiger partial charge is 0.483 e. The summed E-state index contributed by atoms with van der Waals surface area (Å²) >= 11 is 5.78. The van der Waals surface area contributed by atoms with Gasteiger partial charge in [-0.1, -0.05) is 18.5 Å². The Morgan fingerprint density at radius 3 is 2.71 bits per heavy atom. The summed E-state index contributed by atoms with van der Waals surface area (Å²) in [6.45, 7) is 1.52. The Kier molecular flexibility index (Phi) is 4.53. The number of ketones is 1. The quantitative estimate of drug-likeness (QED) is 0.902. The second-order valence-electron chi connectivity index (χ2n) is 5.71. The van der Waals surface area contributed by atoms with Crippen molar-refractivity contribution < 1.29 is 18.7 Å². The van der Waals surface area contributed by atoms with Crippen LogP contribution in [0, 0.1) is 5.82 Å². The van der Waals surface area contributed by atoms with E-state index in [1.165, 1.54) is 12.1 Å². The van der Waals surface area contributed by atoms with Gasteiger partial charge in [0.1, 0.15) is 11.6 Å². The van der Waals surface area contributed by atoms with Crippen molar-refractivity contribution in [2.24, 2.45) is 0 Å². The number of fused-ring (bicyclic) bond motifs is 1. The maximum atomic E-state index is 13.9. The minimum absolute atomic E-state index is 0.162. The monoisotopic (exact) mass is 347 g/mol. The van der Waals surface area contributed by atoms with Crippen LogP contribution in [0.3, 0.4) is 0 Å². The fourth-order valence-electron chi connectivity index (χ4n) is 2.82. The summed E-state index contributed by atoms with van der Waals surface area (Å²) in [5.41, 5.74) is 1.21. The summed E-state index contributed by atoms with van der Waals surface area (Å²) in [6, 6.07) is 9.30. The van der Waals surface area contributed by atoms with E-state index in [0.29, 0.717) is 16.3 Å². The number of hydrogen-bond donors (Lipinski definition) is 1. The molecule has 1 aliphatic carbocycles. The van der Waals surface area contributed by atoms with Gasteiger partial charge in [-0.3, -0.25) is 9.59 Å².